The van der Waals surface area contributed by atoms with Crippen molar-refractivity contribution < 1.29 is 51.8 Å². The molecule has 1 heterocycles. The first-order valence-electron chi connectivity index (χ1n) is 6.17. The predicted octanol–water partition coefficient (Wildman–Crippen LogP) is 2.15. The summed E-state index contributed by atoms with van der Waals surface area (Å²) < 4.78 is 10.2. The second kappa shape index (κ2) is 7.03. The van der Waals surface area contributed by atoms with E-state index in [1.54, 1.807) is 20.8 Å². The standard InChI is InChI=1S/C13H22NO4.Y/c1-6-13(10(15)17-5)8-7-9-14(13)11(16)18-12(2,3)4;/h7H,6,8-9H2,1-5H3;/q-1;. The van der Waals surface area contributed by atoms with Gasteiger partial charge in [-0.15, -0.1) is 6.42 Å². The van der Waals surface area contributed by atoms with Crippen LogP contribution in [0.5, 0.6) is 0 Å². The molecular weight excluding hydrogens is 323 g/mol. The molecule has 0 aliphatic carbocycles. The average Bonchev–Trinajstić information content (AvgIpc) is 2.70. The van der Waals surface area contributed by atoms with Crippen LogP contribution in [0.1, 0.15) is 40.5 Å². The van der Waals surface area contributed by atoms with Crippen molar-refractivity contribution in [3.05, 3.63) is 6.42 Å². The molecule has 0 bridgehead atoms. The van der Waals surface area contributed by atoms with Gasteiger partial charge in [-0.2, -0.15) is 0 Å². The minimum atomic E-state index is -0.906. The van der Waals surface area contributed by atoms with Gasteiger partial charge >= 0.3 is 12.1 Å². The van der Waals surface area contributed by atoms with Crippen LogP contribution in [0.2, 0.25) is 0 Å². The first-order chi connectivity index (χ1) is 8.27. The van der Waals surface area contributed by atoms with Gasteiger partial charge < -0.3 is 20.8 Å². The van der Waals surface area contributed by atoms with Crippen LogP contribution in [-0.2, 0) is 47.0 Å². The number of hydrogen-bond donors (Lipinski definition) is 0. The molecule has 0 aromatic heterocycles. The van der Waals surface area contributed by atoms with Crippen LogP contribution in [0.4, 0.5) is 4.79 Å². The van der Waals surface area contributed by atoms with Crippen molar-refractivity contribution in [1.29, 1.82) is 0 Å². The number of likely N-dealkylation sites (tertiary alicyclic amines) is 1. The van der Waals surface area contributed by atoms with E-state index >= 15 is 0 Å². The zero-order valence-corrected chi connectivity index (χ0v) is 15.2. The fourth-order valence-corrected chi connectivity index (χ4v) is 2.15. The van der Waals surface area contributed by atoms with Crippen LogP contribution >= 0.6 is 0 Å². The van der Waals surface area contributed by atoms with Gasteiger partial charge in [-0.1, -0.05) is 13.5 Å². The van der Waals surface area contributed by atoms with Crippen molar-refractivity contribution in [2.75, 3.05) is 13.7 Å². The van der Waals surface area contributed by atoms with Crippen molar-refractivity contribution in [3.63, 3.8) is 0 Å². The van der Waals surface area contributed by atoms with Crippen LogP contribution in [0.25, 0.3) is 0 Å². The maximum absolute atomic E-state index is 12.1. The monoisotopic (exact) mass is 345 g/mol. The Labute approximate surface area is 140 Å². The van der Waals surface area contributed by atoms with Gasteiger partial charge in [0.2, 0.25) is 0 Å². The Hall–Kier alpha value is -0.156. The Morgan fingerprint density at radius 2 is 1.95 bits per heavy atom. The molecule has 1 aliphatic rings. The molecule has 0 spiro atoms. The van der Waals surface area contributed by atoms with E-state index in [2.05, 4.69) is 0 Å². The molecule has 1 aliphatic heterocycles. The van der Waals surface area contributed by atoms with Crippen molar-refractivity contribution >= 4 is 12.1 Å². The Bertz CT molecular complexity index is 340. The molecule has 0 aromatic rings. The fourth-order valence-electron chi connectivity index (χ4n) is 2.15. The van der Waals surface area contributed by atoms with E-state index in [9.17, 15) is 9.59 Å². The molecule has 0 saturated carbocycles. The summed E-state index contributed by atoms with van der Waals surface area (Å²) in [6.45, 7) is 7.69. The molecule has 6 heteroatoms. The van der Waals surface area contributed by atoms with Crippen LogP contribution < -0.4 is 0 Å². The first-order valence-corrected chi connectivity index (χ1v) is 6.17. The smallest absolute Gasteiger partial charge is 0.408 e. The van der Waals surface area contributed by atoms with Gasteiger partial charge in [0.15, 0.2) is 0 Å². The summed E-state index contributed by atoms with van der Waals surface area (Å²) in [6.07, 6.45) is 2.46. The van der Waals surface area contributed by atoms with Gasteiger partial charge in [0, 0.05) is 32.7 Å². The summed E-state index contributed by atoms with van der Waals surface area (Å²) in [5.41, 5.74) is -1.48. The summed E-state index contributed by atoms with van der Waals surface area (Å²) in [7, 11) is 1.34. The molecule has 1 rings (SSSR count). The number of rotatable bonds is 2. The van der Waals surface area contributed by atoms with E-state index in [0.29, 0.717) is 19.4 Å². The van der Waals surface area contributed by atoms with Gasteiger partial charge in [-0.25, -0.2) is 9.59 Å². The number of nitrogens with zero attached hydrogens (tertiary/aromatic N) is 1. The number of carbonyl (C=O) groups is 2. The topological polar surface area (TPSA) is 55.8 Å². The third-order valence-corrected chi connectivity index (χ3v) is 3.07. The summed E-state index contributed by atoms with van der Waals surface area (Å²) in [6, 6.07) is 0. The average molecular weight is 345 g/mol. The molecule has 0 aromatic carbocycles. The third kappa shape index (κ3) is 4.15. The van der Waals surface area contributed by atoms with Gasteiger partial charge in [-0.05, 0) is 27.2 Å². The number of esters is 1. The summed E-state index contributed by atoms with van der Waals surface area (Å²) in [5, 5.41) is 0. The number of ether oxygens (including phenoxy) is 2. The molecule has 1 saturated heterocycles. The van der Waals surface area contributed by atoms with E-state index in [-0.39, 0.29) is 38.7 Å². The first kappa shape index (κ1) is 18.8. The van der Waals surface area contributed by atoms with Crippen molar-refractivity contribution in [1.82, 2.24) is 4.90 Å². The molecule has 1 atom stereocenters. The second-order valence-electron chi connectivity index (χ2n) is 5.46. The van der Waals surface area contributed by atoms with Crippen molar-refractivity contribution in [3.8, 4) is 0 Å². The van der Waals surface area contributed by atoms with Crippen LogP contribution in [0, 0.1) is 6.42 Å². The van der Waals surface area contributed by atoms with Crippen LogP contribution in [0.15, 0.2) is 0 Å². The van der Waals surface area contributed by atoms with Gasteiger partial charge in [0.1, 0.15) is 11.1 Å². The molecule has 1 fully saturated rings. The number of amides is 1. The van der Waals surface area contributed by atoms with Gasteiger partial charge in [0.25, 0.3) is 0 Å². The Morgan fingerprint density at radius 1 is 1.37 bits per heavy atom. The third-order valence-electron chi connectivity index (χ3n) is 3.07. The Kier molecular flexibility index (Phi) is 6.97. The van der Waals surface area contributed by atoms with E-state index in [4.69, 9.17) is 9.47 Å². The summed E-state index contributed by atoms with van der Waals surface area (Å²) in [4.78, 5) is 25.6. The Balaban J connectivity index is 0.00000324. The van der Waals surface area contributed by atoms with E-state index in [1.165, 1.54) is 12.0 Å². The van der Waals surface area contributed by atoms with Gasteiger partial charge in [0.05, 0.1) is 7.11 Å². The summed E-state index contributed by atoms with van der Waals surface area (Å²) >= 11 is 0. The van der Waals surface area contributed by atoms with Crippen LogP contribution in [0.3, 0.4) is 0 Å². The maximum atomic E-state index is 12.1. The predicted molar refractivity (Wildman–Crippen MR) is 66.9 cm³/mol. The molecule has 19 heavy (non-hydrogen) atoms. The fraction of sp³-hybridized carbons (Fsp3) is 0.769. The maximum Gasteiger partial charge on any atom is 0.408 e. The quantitative estimate of drug-likeness (QED) is 0.568. The largest absolute Gasteiger partial charge is 0.467 e. The number of carbonyl (C=O) groups excluding carboxylic acids is 2. The number of hydrogen-bond acceptors (Lipinski definition) is 4. The van der Waals surface area contributed by atoms with Gasteiger partial charge in [-0.3, -0.25) is 0 Å². The molecule has 5 nitrogen and oxygen atoms in total. The van der Waals surface area contributed by atoms with Crippen LogP contribution in [-0.4, -0.2) is 41.8 Å². The van der Waals surface area contributed by atoms with Crippen molar-refractivity contribution in [2.45, 2.75) is 51.7 Å². The minimum absolute atomic E-state index is 0. The SMILES string of the molecule is CCC1(C(=O)OC)C[CH-]CN1C(=O)OC(C)(C)C.[Y]. The normalized spacial score (nSPS) is 22.7. The zero-order valence-electron chi connectivity index (χ0n) is 12.4. The Morgan fingerprint density at radius 3 is 2.37 bits per heavy atom. The number of methoxy groups -OCH3 is 1. The minimum Gasteiger partial charge on any atom is -0.467 e. The molecular formula is C13H22NO4Y-. The zero-order chi connectivity index (χ0) is 14.0. The molecule has 1 amide bonds. The molecule has 0 N–H and O–H groups in total. The van der Waals surface area contributed by atoms with Crippen molar-refractivity contribution in [2.24, 2.45) is 0 Å². The molecule has 1 unspecified atom stereocenters. The van der Waals surface area contributed by atoms with E-state index in [0.717, 1.165) is 0 Å². The molecule has 1 radical (unpaired) electrons. The van der Waals surface area contributed by atoms with E-state index in [1.807, 2.05) is 13.3 Å². The second-order valence-corrected chi connectivity index (χ2v) is 5.46. The molecule has 107 valence electrons. The summed E-state index contributed by atoms with van der Waals surface area (Å²) in [5.74, 6) is -0.385. The van der Waals surface area contributed by atoms with E-state index < -0.39 is 17.2 Å².